The van der Waals surface area contributed by atoms with E-state index in [1.807, 2.05) is 0 Å². The fraction of sp³-hybridized carbons (Fsp3) is 0.148. The van der Waals surface area contributed by atoms with Gasteiger partial charge in [-0.2, -0.15) is 0 Å². The van der Waals surface area contributed by atoms with Gasteiger partial charge < -0.3 is 0 Å². The summed E-state index contributed by atoms with van der Waals surface area (Å²) < 4.78 is 1.48. The zero-order valence-electron chi connectivity index (χ0n) is 17.6. The third-order valence-electron chi connectivity index (χ3n) is 5.40. The van der Waals surface area contributed by atoms with Crippen molar-refractivity contribution >= 4 is 17.7 Å². The Morgan fingerprint density at radius 1 is 0.621 bits per heavy atom. The predicted molar refractivity (Wildman–Crippen MR) is 128 cm³/mol. The quantitative estimate of drug-likeness (QED) is 0.315. The molecule has 0 radical (unpaired) electrons. The van der Waals surface area contributed by atoms with Crippen LogP contribution in [0.3, 0.4) is 0 Å². The topological polar surface area (TPSA) is 12.9 Å². The van der Waals surface area contributed by atoms with Gasteiger partial charge in [0.2, 0.25) is 0 Å². The minimum absolute atomic E-state index is 1.05. The molecule has 0 aliphatic carbocycles. The summed E-state index contributed by atoms with van der Waals surface area (Å²) in [4.78, 5) is 4.86. The third kappa shape index (κ3) is 4.20. The Kier molecular flexibility index (Phi) is 5.42. The second-order valence-corrected chi connectivity index (χ2v) is 19.2. The molecule has 144 valence electrons. The number of nitrogens with zero attached hydrogens (tertiary/aromatic N) is 1. The van der Waals surface area contributed by atoms with Gasteiger partial charge in [-0.05, 0) is 0 Å². The molecule has 0 bridgehead atoms. The van der Waals surface area contributed by atoms with Crippen molar-refractivity contribution in [1.29, 1.82) is 0 Å². The van der Waals surface area contributed by atoms with E-state index in [0.717, 1.165) is 5.69 Å². The average Bonchev–Trinajstić information content (AvgIpc) is 2.73. The number of hydrogen-bond acceptors (Lipinski definition) is 1. The molecule has 2 heteroatoms. The zero-order valence-corrected chi connectivity index (χ0v) is 19.7. The van der Waals surface area contributed by atoms with Gasteiger partial charge in [-0.15, -0.1) is 0 Å². The van der Waals surface area contributed by atoms with Gasteiger partial charge in [-0.25, -0.2) is 0 Å². The fourth-order valence-corrected chi connectivity index (χ4v) is 7.51. The van der Waals surface area contributed by atoms with Crippen LogP contribution in [0.15, 0.2) is 91.1 Å². The molecule has 0 aliphatic rings. The first-order chi connectivity index (χ1) is 13.9. The van der Waals surface area contributed by atoms with E-state index in [1.165, 1.54) is 37.8 Å². The monoisotopic (exact) mass is 439 g/mol. The van der Waals surface area contributed by atoms with Crippen LogP contribution in [0, 0.1) is 6.92 Å². The second kappa shape index (κ2) is 8.00. The summed E-state index contributed by atoms with van der Waals surface area (Å²) in [6.07, 6.45) is 2.12. The maximum absolute atomic E-state index is 4.86. The molecule has 0 aliphatic heterocycles. The molecular formula is C27H27GeN. The Hall–Kier alpha value is -2.65. The van der Waals surface area contributed by atoms with Crippen LogP contribution in [-0.4, -0.2) is 18.3 Å². The van der Waals surface area contributed by atoms with Gasteiger partial charge in [0.15, 0.2) is 0 Å². The Balaban J connectivity index is 1.86. The first-order valence-corrected chi connectivity index (χ1v) is 17.5. The van der Waals surface area contributed by atoms with Gasteiger partial charge in [-0.3, -0.25) is 0 Å². The van der Waals surface area contributed by atoms with Crippen LogP contribution < -0.4 is 4.40 Å². The Morgan fingerprint density at radius 3 is 1.76 bits per heavy atom. The number of rotatable bonds is 4. The van der Waals surface area contributed by atoms with Crippen molar-refractivity contribution in [3.05, 3.63) is 96.7 Å². The van der Waals surface area contributed by atoms with Crippen LogP contribution in [0.4, 0.5) is 0 Å². The predicted octanol–water partition coefficient (Wildman–Crippen LogP) is 6.94. The molecule has 0 saturated carbocycles. The van der Waals surface area contributed by atoms with Crippen molar-refractivity contribution < 1.29 is 0 Å². The molecule has 0 N–H and O–H groups in total. The van der Waals surface area contributed by atoms with E-state index in [2.05, 4.69) is 115 Å². The van der Waals surface area contributed by atoms with Gasteiger partial charge in [0.1, 0.15) is 0 Å². The van der Waals surface area contributed by atoms with Gasteiger partial charge in [0.25, 0.3) is 0 Å². The molecular weight excluding hydrogens is 411 g/mol. The van der Waals surface area contributed by atoms with E-state index in [-0.39, 0.29) is 0 Å². The van der Waals surface area contributed by atoms with E-state index < -0.39 is 13.3 Å². The van der Waals surface area contributed by atoms with Crippen molar-refractivity contribution in [2.24, 2.45) is 0 Å². The SMILES string of the molecule is Cc1cc(-c2ccc(-c3ccccc3)c(-c3ccccc3)c2)nc[c]1[Ge]([CH3])([CH3])[CH3]. The van der Waals surface area contributed by atoms with Crippen LogP contribution >= 0.6 is 0 Å². The Morgan fingerprint density at radius 2 is 1.21 bits per heavy atom. The molecule has 0 fully saturated rings. The van der Waals surface area contributed by atoms with Crippen molar-refractivity contribution in [2.75, 3.05) is 0 Å². The van der Waals surface area contributed by atoms with Crippen LogP contribution in [0.1, 0.15) is 5.56 Å². The maximum atomic E-state index is 4.86. The summed E-state index contributed by atoms with van der Waals surface area (Å²) in [6.45, 7) is 2.23. The average molecular weight is 438 g/mol. The van der Waals surface area contributed by atoms with E-state index in [1.54, 1.807) is 0 Å². The van der Waals surface area contributed by atoms with Crippen molar-refractivity contribution in [3.8, 4) is 33.5 Å². The van der Waals surface area contributed by atoms with Crippen molar-refractivity contribution in [2.45, 2.75) is 24.2 Å². The first-order valence-electron chi connectivity index (χ1n) is 10.2. The molecule has 3 aromatic carbocycles. The molecule has 1 heterocycles. The Bertz CT molecular complexity index is 1130. The normalized spacial score (nSPS) is 11.4. The molecule has 0 amide bonds. The molecule has 0 atom stereocenters. The summed E-state index contributed by atoms with van der Waals surface area (Å²) >= 11 is -1.90. The summed E-state index contributed by atoms with van der Waals surface area (Å²) in [5, 5.41) is 0. The summed E-state index contributed by atoms with van der Waals surface area (Å²) in [6, 6.07) is 30.2. The Labute approximate surface area is 176 Å². The fourth-order valence-electron chi connectivity index (χ4n) is 3.93. The van der Waals surface area contributed by atoms with Crippen LogP contribution in [0.5, 0.6) is 0 Å². The molecule has 29 heavy (non-hydrogen) atoms. The van der Waals surface area contributed by atoms with E-state index in [9.17, 15) is 0 Å². The van der Waals surface area contributed by atoms with E-state index in [4.69, 9.17) is 4.98 Å². The standard InChI is InChI=1S/C27H27GeN/c1-20-17-27(29-19-26(20)28(2,3)4)23-15-16-24(21-11-7-5-8-12-21)25(18-23)22-13-9-6-10-14-22/h5-19H,1-4H3. The number of benzene rings is 3. The summed E-state index contributed by atoms with van der Waals surface area (Å²) in [5.41, 5.74) is 8.54. The van der Waals surface area contributed by atoms with Crippen molar-refractivity contribution in [1.82, 2.24) is 4.98 Å². The number of hydrogen-bond donors (Lipinski definition) is 0. The van der Waals surface area contributed by atoms with Crippen LogP contribution in [-0.2, 0) is 0 Å². The summed E-state index contributed by atoms with van der Waals surface area (Å²) in [5.74, 6) is 7.27. The molecule has 1 nitrogen and oxygen atoms in total. The first kappa shape index (κ1) is 19.7. The summed E-state index contributed by atoms with van der Waals surface area (Å²) in [7, 11) is 0. The van der Waals surface area contributed by atoms with Gasteiger partial charge >= 0.3 is 177 Å². The molecule has 4 aromatic rings. The second-order valence-electron chi connectivity index (χ2n) is 8.63. The molecule has 0 saturated heterocycles. The van der Waals surface area contributed by atoms with Gasteiger partial charge in [0, 0.05) is 0 Å². The third-order valence-corrected chi connectivity index (χ3v) is 9.89. The van der Waals surface area contributed by atoms with Gasteiger partial charge in [0.05, 0.1) is 0 Å². The number of aryl methyl sites for hydroxylation is 1. The molecule has 0 unspecified atom stereocenters. The molecule has 4 rings (SSSR count). The van der Waals surface area contributed by atoms with Crippen LogP contribution in [0.2, 0.25) is 17.3 Å². The zero-order chi connectivity index (χ0) is 20.4. The van der Waals surface area contributed by atoms with E-state index >= 15 is 0 Å². The minimum atomic E-state index is -1.90. The number of aromatic nitrogens is 1. The number of pyridine rings is 1. The van der Waals surface area contributed by atoms with E-state index in [0.29, 0.717) is 0 Å². The van der Waals surface area contributed by atoms with Crippen LogP contribution in [0.25, 0.3) is 33.5 Å². The molecule has 0 spiro atoms. The van der Waals surface area contributed by atoms with Gasteiger partial charge in [-0.1, -0.05) is 0 Å². The van der Waals surface area contributed by atoms with Crippen molar-refractivity contribution in [3.63, 3.8) is 0 Å². The molecule has 1 aromatic heterocycles.